The number of rotatable bonds is 4. The highest BCUT2D eigenvalue weighted by Crippen LogP contribution is 2.44. The van der Waals surface area contributed by atoms with Crippen LogP contribution in [0.4, 0.5) is 0 Å². The first-order valence-corrected chi connectivity index (χ1v) is 9.27. The Hall–Kier alpha value is 0.230. The van der Waals surface area contributed by atoms with E-state index in [9.17, 15) is 5.11 Å². The van der Waals surface area contributed by atoms with E-state index in [1.807, 2.05) is 11.8 Å². The molecule has 2 heterocycles. The maximum absolute atomic E-state index is 10.7. The van der Waals surface area contributed by atoms with E-state index in [1.54, 1.807) is 7.11 Å². The van der Waals surface area contributed by atoms with Crippen LogP contribution < -0.4 is 0 Å². The Morgan fingerprint density at radius 1 is 1.30 bits per heavy atom. The Morgan fingerprint density at radius 2 is 2.05 bits per heavy atom. The molecule has 3 nitrogen and oxygen atoms in total. The van der Waals surface area contributed by atoms with E-state index < -0.39 is 0 Å². The van der Waals surface area contributed by atoms with Crippen LogP contribution >= 0.6 is 11.8 Å². The van der Waals surface area contributed by atoms with Crippen LogP contribution in [-0.4, -0.2) is 47.6 Å². The Balaban J connectivity index is 1.58. The highest BCUT2D eigenvalue weighted by molar-refractivity contribution is 7.99. The van der Waals surface area contributed by atoms with Gasteiger partial charge in [-0.1, -0.05) is 0 Å². The van der Waals surface area contributed by atoms with Gasteiger partial charge in [-0.25, -0.2) is 0 Å². The number of aliphatic hydroxyl groups excluding tert-OH is 1. The first-order valence-electron chi connectivity index (χ1n) is 8.12. The second-order valence-electron chi connectivity index (χ2n) is 6.91. The van der Waals surface area contributed by atoms with Gasteiger partial charge in [-0.2, -0.15) is 11.8 Å². The van der Waals surface area contributed by atoms with Crippen LogP contribution in [0, 0.1) is 5.92 Å². The maximum atomic E-state index is 10.7. The van der Waals surface area contributed by atoms with Crippen molar-refractivity contribution in [3.8, 4) is 0 Å². The summed E-state index contributed by atoms with van der Waals surface area (Å²) in [4.78, 5) is 0. The minimum atomic E-state index is -0.217. The van der Waals surface area contributed by atoms with Gasteiger partial charge < -0.3 is 14.6 Å². The molecule has 0 aromatic carbocycles. The zero-order valence-electron chi connectivity index (χ0n) is 12.6. The van der Waals surface area contributed by atoms with Gasteiger partial charge in [0.1, 0.15) is 0 Å². The Kier molecular flexibility index (Phi) is 4.66. The SMILES string of the molecule is COC1(CC(O)C2CCOC3(CCSCC3)C2)CCC1. The molecule has 1 spiro atoms. The number of ether oxygens (including phenoxy) is 2. The quantitative estimate of drug-likeness (QED) is 0.866. The van der Waals surface area contributed by atoms with E-state index >= 15 is 0 Å². The lowest BCUT2D eigenvalue weighted by Gasteiger charge is -2.47. The van der Waals surface area contributed by atoms with Gasteiger partial charge in [-0.15, -0.1) is 0 Å². The highest BCUT2D eigenvalue weighted by Gasteiger charge is 2.44. The van der Waals surface area contributed by atoms with Gasteiger partial charge in [-0.05, 0) is 62.4 Å². The first-order chi connectivity index (χ1) is 9.67. The Labute approximate surface area is 126 Å². The number of hydrogen-bond donors (Lipinski definition) is 1. The lowest BCUT2D eigenvalue weighted by Crippen LogP contribution is -2.48. The minimum Gasteiger partial charge on any atom is -0.393 e. The molecule has 0 bridgehead atoms. The van der Waals surface area contributed by atoms with Crippen LogP contribution in [0.1, 0.15) is 51.4 Å². The van der Waals surface area contributed by atoms with Crippen LogP contribution in [0.3, 0.4) is 0 Å². The minimum absolute atomic E-state index is 0.0205. The van der Waals surface area contributed by atoms with E-state index in [1.165, 1.54) is 17.9 Å². The normalized spacial score (nSPS) is 33.6. The molecule has 0 aromatic heterocycles. The fraction of sp³-hybridized carbons (Fsp3) is 1.00. The summed E-state index contributed by atoms with van der Waals surface area (Å²) in [5.74, 6) is 2.83. The fourth-order valence-corrected chi connectivity index (χ4v) is 5.33. The standard InChI is InChI=1S/C16H28O3S/c1-18-15(4-2-5-15)12-14(17)13-3-8-19-16(11-13)6-9-20-10-7-16/h13-14,17H,2-12H2,1H3. The summed E-state index contributed by atoms with van der Waals surface area (Å²) < 4.78 is 11.8. The van der Waals surface area contributed by atoms with E-state index in [0.717, 1.165) is 51.6 Å². The molecule has 0 amide bonds. The van der Waals surface area contributed by atoms with Crippen molar-refractivity contribution in [2.24, 2.45) is 5.92 Å². The molecule has 116 valence electrons. The molecule has 2 aliphatic heterocycles. The molecular formula is C16H28O3S. The summed E-state index contributed by atoms with van der Waals surface area (Å²) in [7, 11) is 1.80. The Morgan fingerprint density at radius 3 is 2.65 bits per heavy atom. The zero-order valence-corrected chi connectivity index (χ0v) is 13.4. The van der Waals surface area contributed by atoms with Crippen molar-refractivity contribution >= 4 is 11.8 Å². The van der Waals surface area contributed by atoms with Gasteiger partial charge in [0.2, 0.25) is 0 Å². The van der Waals surface area contributed by atoms with Gasteiger partial charge in [-0.3, -0.25) is 0 Å². The second kappa shape index (κ2) is 6.15. The molecule has 3 rings (SSSR count). The van der Waals surface area contributed by atoms with E-state index in [4.69, 9.17) is 9.47 Å². The average molecular weight is 300 g/mol. The van der Waals surface area contributed by atoms with E-state index in [0.29, 0.717) is 5.92 Å². The first kappa shape index (κ1) is 15.1. The molecule has 4 heteroatoms. The van der Waals surface area contributed by atoms with Gasteiger partial charge in [0.15, 0.2) is 0 Å². The number of methoxy groups -OCH3 is 1. The van der Waals surface area contributed by atoms with Crippen LogP contribution in [0.15, 0.2) is 0 Å². The van der Waals surface area contributed by atoms with E-state index in [-0.39, 0.29) is 17.3 Å². The summed E-state index contributed by atoms with van der Waals surface area (Å²) in [5, 5.41) is 10.7. The van der Waals surface area contributed by atoms with Crippen molar-refractivity contribution in [1.29, 1.82) is 0 Å². The van der Waals surface area contributed by atoms with Crippen molar-refractivity contribution in [3.63, 3.8) is 0 Å². The zero-order chi connectivity index (χ0) is 14.1. The number of thioether (sulfide) groups is 1. The van der Waals surface area contributed by atoms with Gasteiger partial charge in [0.05, 0.1) is 17.3 Å². The largest absolute Gasteiger partial charge is 0.393 e. The Bertz CT molecular complexity index is 313. The molecule has 3 aliphatic rings. The lowest BCUT2D eigenvalue weighted by molar-refractivity contribution is -0.144. The van der Waals surface area contributed by atoms with Crippen molar-refractivity contribution < 1.29 is 14.6 Å². The van der Waals surface area contributed by atoms with Gasteiger partial charge in [0, 0.05) is 20.1 Å². The molecule has 2 atom stereocenters. The lowest BCUT2D eigenvalue weighted by atomic mass is 9.71. The summed E-state index contributed by atoms with van der Waals surface area (Å²) in [5.41, 5.74) is 0.0578. The summed E-state index contributed by atoms with van der Waals surface area (Å²) >= 11 is 2.04. The van der Waals surface area contributed by atoms with Crippen molar-refractivity contribution in [2.45, 2.75) is 68.7 Å². The van der Waals surface area contributed by atoms with E-state index in [2.05, 4.69) is 0 Å². The molecule has 0 aromatic rings. The molecule has 3 fully saturated rings. The molecule has 2 saturated heterocycles. The smallest absolute Gasteiger partial charge is 0.0703 e. The molecule has 0 radical (unpaired) electrons. The second-order valence-corrected chi connectivity index (χ2v) is 8.13. The van der Waals surface area contributed by atoms with Crippen molar-refractivity contribution in [1.82, 2.24) is 0 Å². The molecule has 1 saturated carbocycles. The topological polar surface area (TPSA) is 38.7 Å². The summed E-state index contributed by atoms with van der Waals surface area (Å²) in [6.07, 6.45) is 8.47. The predicted molar refractivity (Wildman–Crippen MR) is 82.2 cm³/mol. The molecular weight excluding hydrogens is 272 g/mol. The third-order valence-corrected chi connectivity index (χ3v) is 6.74. The predicted octanol–water partition coefficient (Wildman–Crippen LogP) is 3.00. The summed E-state index contributed by atoms with van der Waals surface area (Å²) in [6, 6.07) is 0. The van der Waals surface area contributed by atoms with Crippen LogP contribution in [0.25, 0.3) is 0 Å². The monoisotopic (exact) mass is 300 g/mol. The molecule has 1 aliphatic carbocycles. The van der Waals surface area contributed by atoms with Crippen LogP contribution in [0.2, 0.25) is 0 Å². The van der Waals surface area contributed by atoms with Gasteiger partial charge in [0.25, 0.3) is 0 Å². The van der Waals surface area contributed by atoms with Crippen molar-refractivity contribution in [3.05, 3.63) is 0 Å². The molecule has 20 heavy (non-hydrogen) atoms. The van der Waals surface area contributed by atoms with Crippen LogP contribution in [-0.2, 0) is 9.47 Å². The van der Waals surface area contributed by atoms with Crippen molar-refractivity contribution in [2.75, 3.05) is 25.2 Å². The summed E-state index contributed by atoms with van der Waals surface area (Å²) in [6.45, 7) is 0.826. The number of aliphatic hydroxyl groups is 1. The maximum Gasteiger partial charge on any atom is 0.0703 e. The highest BCUT2D eigenvalue weighted by atomic mass is 32.2. The third kappa shape index (κ3) is 3.03. The molecule has 2 unspecified atom stereocenters. The molecule has 1 N–H and O–H groups in total. The average Bonchev–Trinajstić information content (AvgIpc) is 2.43. The fourth-order valence-electron chi connectivity index (χ4n) is 4.10. The van der Waals surface area contributed by atoms with Gasteiger partial charge >= 0.3 is 0 Å². The van der Waals surface area contributed by atoms with Crippen LogP contribution in [0.5, 0.6) is 0 Å². The number of hydrogen-bond acceptors (Lipinski definition) is 4. The third-order valence-electron chi connectivity index (χ3n) is 5.76.